The number of aromatic nitrogens is 1. The van der Waals surface area contributed by atoms with Crippen LogP contribution >= 0.6 is 11.6 Å². The van der Waals surface area contributed by atoms with Gasteiger partial charge in [-0.05, 0) is 11.6 Å². The Labute approximate surface area is 194 Å². The van der Waals surface area contributed by atoms with Crippen LogP contribution in [0.5, 0.6) is 5.88 Å². The van der Waals surface area contributed by atoms with Gasteiger partial charge in [-0.15, -0.1) is 0 Å². The summed E-state index contributed by atoms with van der Waals surface area (Å²) < 4.78 is 44.7. The number of rotatable bonds is 8. The van der Waals surface area contributed by atoms with Crippen molar-refractivity contribution < 1.29 is 27.5 Å². The van der Waals surface area contributed by atoms with Gasteiger partial charge in [-0.1, -0.05) is 37.6 Å². The number of amides is 2. The van der Waals surface area contributed by atoms with Crippen molar-refractivity contribution in [2.75, 3.05) is 6.61 Å². The molecule has 0 aliphatic carbocycles. The molecule has 3 N–H and O–H groups in total. The number of carbonyl (C=O) groups is 2. The highest BCUT2D eigenvalue weighted by Gasteiger charge is 2.31. The lowest BCUT2D eigenvalue weighted by Gasteiger charge is -2.33. The summed E-state index contributed by atoms with van der Waals surface area (Å²) >= 11 is 6.26. The van der Waals surface area contributed by atoms with E-state index in [0.717, 1.165) is 0 Å². The van der Waals surface area contributed by atoms with E-state index in [1.165, 1.54) is 24.4 Å². The molecule has 3 rings (SSSR count). The van der Waals surface area contributed by atoms with Crippen molar-refractivity contribution in [1.29, 1.82) is 0 Å². The molecule has 2 heterocycles. The van der Waals surface area contributed by atoms with Gasteiger partial charge in [0.2, 0.25) is 17.7 Å². The van der Waals surface area contributed by atoms with Crippen LogP contribution in [0.15, 0.2) is 30.5 Å². The smallest absolute Gasteiger partial charge is 0.272 e. The van der Waals surface area contributed by atoms with Gasteiger partial charge in [0.1, 0.15) is 12.0 Å². The van der Waals surface area contributed by atoms with Gasteiger partial charge in [-0.2, -0.15) is 0 Å². The molecular weight excluding hydrogens is 461 g/mol. The number of halogens is 4. The first-order valence-corrected chi connectivity index (χ1v) is 10.7. The number of pyridine rings is 1. The normalized spacial score (nSPS) is 18.4. The van der Waals surface area contributed by atoms with Gasteiger partial charge in [0.05, 0.1) is 5.02 Å². The minimum atomic E-state index is -2.62. The van der Waals surface area contributed by atoms with E-state index < -0.39 is 31.1 Å². The molecule has 0 saturated carbocycles. The monoisotopic (exact) mass is 484 g/mol. The van der Waals surface area contributed by atoms with Crippen LogP contribution in [0.1, 0.15) is 49.2 Å². The zero-order chi connectivity index (χ0) is 24.1. The van der Waals surface area contributed by atoms with Gasteiger partial charge in [0.25, 0.3) is 6.43 Å². The predicted molar refractivity (Wildman–Crippen MR) is 115 cm³/mol. The van der Waals surface area contributed by atoms with Crippen LogP contribution in [0.3, 0.4) is 0 Å². The van der Waals surface area contributed by atoms with E-state index in [0.29, 0.717) is 5.56 Å². The molecule has 1 aliphatic rings. The second-order valence-corrected chi connectivity index (χ2v) is 8.27. The Hall–Kier alpha value is -2.85. The molecule has 2 aromatic rings. The number of benzene rings is 1. The van der Waals surface area contributed by atoms with Gasteiger partial charge < -0.3 is 15.4 Å². The van der Waals surface area contributed by atoms with Crippen LogP contribution in [0.2, 0.25) is 5.02 Å². The van der Waals surface area contributed by atoms with Crippen molar-refractivity contribution in [2.45, 2.75) is 45.4 Å². The second kappa shape index (κ2) is 10.8. The maximum atomic E-state index is 15.3. The van der Waals surface area contributed by atoms with E-state index >= 15 is 4.39 Å². The van der Waals surface area contributed by atoms with E-state index in [1.54, 1.807) is 19.9 Å². The van der Waals surface area contributed by atoms with Crippen LogP contribution in [0.4, 0.5) is 13.2 Å². The fourth-order valence-corrected chi connectivity index (χ4v) is 3.57. The maximum Gasteiger partial charge on any atom is 0.272 e. The highest BCUT2D eigenvalue weighted by atomic mass is 35.5. The summed E-state index contributed by atoms with van der Waals surface area (Å²) in [6, 6.07) is 5.47. The average Bonchev–Trinajstić information content (AvgIpc) is 2.77. The van der Waals surface area contributed by atoms with Crippen molar-refractivity contribution in [3.05, 3.63) is 58.0 Å². The zero-order valence-corrected chi connectivity index (χ0v) is 18.8. The minimum Gasteiger partial charge on any atom is -0.472 e. The highest BCUT2D eigenvalue weighted by molar-refractivity contribution is 6.31. The number of hydrogen-bond acceptors (Lipinski definition) is 5. The number of nitrogens with one attached hydrogen (secondary N) is 3. The van der Waals surface area contributed by atoms with Gasteiger partial charge in [0, 0.05) is 48.3 Å². The Morgan fingerprint density at radius 3 is 2.70 bits per heavy atom. The van der Waals surface area contributed by atoms with Crippen molar-refractivity contribution in [3.63, 3.8) is 0 Å². The number of nitrogens with zero attached hydrogens (tertiary/aromatic N) is 1. The summed E-state index contributed by atoms with van der Waals surface area (Å²) in [5.74, 6) is -1.42. The lowest BCUT2D eigenvalue weighted by atomic mass is 9.99. The van der Waals surface area contributed by atoms with E-state index in [4.69, 9.17) is 16.3 Å². The Morgan fingerprint density at radius 2 is 2.06 bits per heavy atom. The molecule has 178 valence electrons. The minimum absolute atomic E-state index is 0.0267. The van der Waals surface area contributed by atoms with Crippen LogP contribution < -0.4 is 20.7 Å². The van der Waals surface area contributed by atoms with Crippen molar-refractivity contribution in [1.82, 2.24) is 20.9 Å². The van der Waals surface area contributed by atoms with Crippen molar-refractivity contribution in [2.24, 2.45) is 5.92 Å². The molecular formula is C22H24ClF3N4O3. The van der Waals surface area contributed by atoms with Crippen LogP contribution in [-0.2, 0) is 16.1 Å². The van der Waals surface area contributed by atoms with Gasteiger partial charge in [-0.3, -0.25) is 14.9 Å². The number of carbonyl (C=O) groups excluding carboxylic acids is 2. The van der Waals surface area contributed by atoms with Crippen LogP contribution in [-0.4, -0.2) is 29.8 Å². The number of ether oxygens (including phenoxy) is 1. The summed E-state index contributed by atoms with van der Waals surface area (Å²) in [7, 11) is 0. The Balaban J connectivity index is 1.78. The van der Waals surface area contributed by atoms with Gasteiger partial charge >= 0.3 is 0 Å². The van der Waals surface area contributed by atoms with Gasteiger partial charge in [0.15, 0.2) is 6.61 Å². The molecule has 0 radical (unpaired) electrons. The molecule has 1 aliphatic heterocycles. The van der Waals surface area contributed by atoms with E-state index in [-0.39, 0.29) is 52.7 Å². The first-order valence-electron chi connectivity index (χ1n) is 10.3. The molecule has 0 spiro atoms. The molecule has 11 heteroatoms. The molecule has 2 atom stereocenters. The molecule has 1 saturated heterocycles. The Kier molecular flexibility index (Phi) is 8.15. The molecule has 2 unspecified atom stereocenters. The fraction of sp³-hybridized carbons (Fsp3) is 0.409. The number of hydrogen-bond donors (Lipinski definition) is 3. The molecule has 7 nitrogen and oxygen atoms in total. The third kappa shape index (κ3) is 6.35. The molecule has 33 heavy (non-hydrogen) atoms. The quantitative estimate of drug-likeness (QED) is 0.532. The number of alkyl halides is 2. The first-order chi connectivity index (χ1) is 15.7. The Bertz CT molecular complexity index is 1010. The highest BCUT2D eigenvalue weighted by Crippen LogP contribution is 2.32. The van der Waals surface area contributed by atoms with Gasteiger partial charge in [-0.25, -0.2) is 18.2 Å². The summed E-state index contributed by atoms with van der Waals surface area (Å²) in [6.07, 6.45) is -2.09. The van der Waals surface area contributed by atoms with E-state index in [1.807, 2.05) is 0 Å². The lowest BCUT2D eigenvalue weighted by Crippen LogP contribution is -2.47. The van der Waals surface area contributed by atoms with Crippen LogP contribution in [0, 0.1) is 11.7 Å². The molecule has 1 fully saturated rings. The fourth-order valence-electron chi connectivity index (χ4n) is 3.31. The predicted octanol–water partition coefficient (Wildman–Crippen LogP) is 3.64. The summed E-state index contributed by atoms with van der Waals surface area (Å²) in [6.45, 7) is 2.66. The van der Waals surface area contributed by atoms with Crippen molar-refractivity contribution in [3.8, 4) is 5.88 Å². The maximum absolute atomic E-state index is 15.3. The topological polar surface area (TPSA) is 92.4 Å². The second-order valence-electron chi connectivity index (χ2n) is 7.86. The molecule has 1 aromatic heterocycles. The summed E-state index contributed by atoms with van der Waals surface area (Å²) in [5.41, 5.74) is 0.871. The lowest BCUT2D eigenvalue weighted by molar-refractivity contribution is -0.125. The van der Waals surface area contributed by atoms with Crippen molar-refractivity contribution >= 4 is 23.4 Å². The van der Waals surface area contributed by atoms with Crippen LogP contribution in [0.25, 0.3) is 0 Å². The molecule has 1 aromatic carbocycles. The molecule has 0 bridgehead atoms. The first kappa shape index (κ1) is 24.8. The van der Waals surface area contributed by atoms with E-state index in [9.17, 15) is 18.4 Å². The Morgan fingerprint density at radius 1 is 1.30 bits per heavy atom. The third-order valence-electron chi connectivity index (χ3n) is 5.05. The SMILES string of the molecule is CC(C)C(=O)NCc1ccc(Cl)c(C2NC(=O)CC(c3ccc(OCC(F)F)nc3)N2)c1F. The molecule has 2 amide bonds. The standard InChI is InChI=1S/C22H24ClF3N4O3/c1-11(2)22(32)28-9-13-3-5-14(23)19(20(13)26)21-29-15(7-17(31)30-21)12-4-6-18(27-8-12)33-10-16(24)25/h3-6,8,11,15-16,21,29H,7,9-10H2,1-2H3,(H,28,32)(H,30,31). The largest absolute Gasteiger partial charge is 0.472 e. The average molecular weight is 485 g/mol. The summed E-state index contributed by atoms with van der Waals surface area (Å²) in [5, 5.41) is 8.58. The zero-order valence-electron chi connectivity index (χ0n) is 18.0. The summed E-state index contributed by atoms with van der Waals surface area (Å²) in [4.78, 5) is 28.2. The van der Waals surface area contributed by atoms with E-state index in [2.05, 4.69) is 20.9 Å². The third-order valence-corrected chi connectivity index (χ3v) is 5.38.